The van der Waals surface area contributed by atoms with Gasteiger partial charge in [-0.1, -0.05) is 44.2 Å². The number of aromatic nitrogens is 1. The van der Waals surface area contributed by atoms with E-state index < -0.39 is 0 Å². The molecule has 1 aromatic heterocycles. The fourth-order valence-electron chi connectivity index (χ4n) is 4.09. The smallest absolute Gasteiger partial charge is 0.238 e. The van der Waals surface area contributed by atoms with Crippen LogP contribution in [0.1, 0.15) is 48.9 Å². The largest absolute Gasteiger partial charge is 0.324 e. The summed E-state index contributed by atoms with van der Waals surface area (Å²) in [6.45, 7) is 5.63. The molecule has 1 amide bonds. The normalized spacial score (nSPS) is 17.3. The molecule has 2 heterocycles. The number of para-hydroxylation sites is 2. The van der Waals surface area contributed by atoms with Crippen LogP contribution in [0.4, 0.5) is 5.69 Å². The molecule has 1 aliphatic rings. The first kappa shape index (κ1) is 19.1. The minimum atomic E-state index is 0.0728. The van der Waals surface area contributed by atoms with E-state index in [0.717, 1.165) is 48.4 Å². The molecule has 0 saturated carbocycles. The lowest BCUT2D eigenvalue weighted by molar-refractivity contribution is -0.117. The quantitative estimate of drug-likeness (QED) is 0.626. The van der Waals surface area contributed by atoms with E-state index in [0.29, 0.717) is 6.54 Å². The Morgan fingerprint density at radius 3 is 2.61 bits per heavy atom. The van der Waals surface area contributed by atoms with Crippen LogP contribution < -0.4 is 5.32 Å². The van der Waals surface area contributed by atoms with Crippen molar-refractivity contribution in [1.29, 1.82) is 0 Å². The monoisotopic (exact) mass is 393 g/mol. The molecule has 0 unspecified atom stereocenters. The number of anilines is 1. The molecular weight excluding hydrogens is 366 g/mol. The van der Waals surface area contributed by atoms with Crippen molar-refractivity contribution in [3.05, 3.63) is 58.6 Å². The highest BCUT2D eigenvalue weighted by Gasteiger charge is 2.30. The minimum Gasteiger partial charge on any atom is -0.324 e. The van der Waals surface area contributed by atoms with Crippen molar-refractivity contribution in [3.63, 3.8) is 0 Å². The van der Waals surface area contributed by atoms with Crippen molar-refractivity contribution in [2.75, 3.05) is 18.4 Å². The maximum atomic E-state index is 12.9. The number of carbonyl (C=O) groups excluding carboxylic acids is 1. The van der Waals surface area contributed by atoms with Crippen LogP contribution >= 0.6 is 11.3 Å². The van der Waals surface area contributed by atoms with Gasteiger partial charge in [-0.15, -0.1) is 11.3 Å². The second kappa shape index (κ2) is 8.41. The van der Waals surface area contributed by atoms with Gasteiger partial charge < -0.3 is 5.32 Å². The third kappa shape index (κ3) is 3.82. The molecule has 0 bridgehead atoms. The van der Waals surface area contributed by atoms with Gasteiger partial charge in [-0.2, -0.15) is 0 Å². The van der Waals surface area contributed by atoms with Crippen molar-refractivity contribution in [2.45, 2.75) is 45.6 Å². The number of thiazole rings is 1. The topological polar surface area (TPSA) is 45.2 Å². The second-order valence-electron chi connectivity index (χ2n) is 7.35. The maximum absolute atomic E-state index is 12.9. The molecule has 2 aromatic carbocycles. The third-order valence-electron chi connectivity index (χ3n) is 5.57. The van der Waals surface area contributed by atoms with E-state index in [9.17, 15) is 4.79 Å². The van der Waals surface area contributed by atoms with Crippen LogP contribution in [0, 0.1) is 0 Å². The molecule has 4 rings (SSSR count). The van der Waals surface area contributed by atoms with Crippen molar-refractivity contribution in [2.24, 2.45) is 0 Å². The first-order valence-electron chi connectivity index (χ1n) is 10.2. The van der Waals surface area contributed by atoms with Gasteiger partial charge in [-0.3, -0.25) is 9.69 Å². The van der Waals surface area contributed by atoms with E-state index >= 15 is 0 Å². The standard InChI is InChI=1S/C23H27N3OS/c1-3-16-9-7-10-17(4-2)22(16)25-21(27)15-26-14-8-12-19(26)23-24-18-11-5-6-13-20(18)28-23/h5-7,9-11,13,19H,3-4,8,12,14-15H2,1-2H3,(H,25,27)/t19-/m1/s1. The fourth-order valence-corrected chi connectivity index (χ4v) is 5.23. The molecule has 4 nitrogen and oxygen atoms in total. The van der Waals surface area contributed by atoms with Crippen molar-refractivity contribution in [3.8, 4) is 0 Å². The summed E-state index contributed by atoms with van der Waals surface area (Å²) >= 11 is 1.76. The average Bonchev–Trinajstić information content (AvgIpc) is 3.34. The first-order valence-corrected chi connectivity index (χ1v) is 11.0. The average molecular weight is 394 g/mol. The number of carbonyl (C=O) groups is 1. The van der Waals surface area contributed by atoms with Gasteiger partial charge in [-0.05, 0) is 55.5 Å². The van der Waals surface area contributed by atoms with E-state index in [4.69, 9.17) is 4.98 Å². The molecule has 1 atom stereocenters. The fraction of sp³-hybridized carbons (Fsp3) is 0.391. The summed E-state index contributed by atoms with van der Waals surface area (Å²) < 4.78 is 1.22. The third-order valence-corrected chi connectivity index (χ3v) is 6.71. The molecule has 1 N–H and O–H groups in total. The number of fused-ring (bicyclic) bond motifs is 1. The molecule has 0 aliphatic carbocycles. The van der Waals surface area contributed by atoms with E-state index in [1.807, 2.05) is 6.07 Å². The number of hydrogen-bond donors (Lipinski definition) is 1. The van der Waals surface area contributed by atoms with E-state index in [2.05, 4.69) is 60.5 Å². The lowest BCUT2D eigenvalue weighted by Gasteiger charge is -2.23. The zero-order valence-corrected chi connectivity index (χ0v) is 17.4. The van der Waals surface area contributed by atoms with Gasteiger partial charge >= 0.3 is 0 Å². The number of nitrogens with zero attached hydrogens (tertiary/aromatic N) is 2. The minimum absolute atomic E-state index is 0.0728. The van der Waals surface area contributed by atoms with E-state index in [-0.39, 0.29) is 11.9 Å². The Kier molecular flexibility index (Phi) is 5.74. The molecule has 1 saturated heterocycles. The maximum Gasteiger partial charge on any atom is 0.238 e. The zero-order chi connectivity index (χ0) is 19.5. The Morgan fingerprint density at radius 2 is 1.89 bits per heavy atom. The molecule has 3 aromatic rings. The Labute approximate surface area is 170 Å². The Bertz CT molecular complexity index is 926. The molecule has 0 spiro atoms. The highest BCUT2D eigenvalue weighted by molar-refractivity contribution is 7.18. The first-order chi connectivity index (χ1) is 13.7. The molecule has 1 fully saturated rings. The van der Waals surface area contributed by atoms with Crippen LogP contribution in [-0.4, -0.2) is 28.9 Å². The molecule has 0 radical (unpaired) electrons. The summed E-state index contributed by atoms with van der Waals surface area (Å²) in [5.74, 6) is 0.0728. The highest BCUT2D eigenvalue weighted by Crippen LogP contribution is 2.36. The molecule has 146 valence electrons. The molecule has 5 heteroatoms. The van der Waals surface area contributed by atoms with Gasteiger partial charge in [0.15, 0.2) is 0 Å². The summed E-state index contributed by atoms with van der Waals surface area (Å²) in [6.07, 6.45) is 4.02. The lowest BCUT2D eigenvalue weighted by atomic mass is 10.0. The van der Waals surface area contributed by atoms with Gasteiger partial charge in [0.05, 0.1) is 22.8 Å². The number of rotatable bonds is 6. The second-order valence-corrected chi connectivity index (χ2v) is 8.42. The zero-order valence-electron chi connectivity index (χ0n) is 16.6. The molecule has 28 heavy (non-hydrogen) atoms. The van der Waals surface area contributed by atoms with Crippen LogP contribution in [0.5, 0.6) is 0 Å². The number of amides is 1. The number of likely N-dealkylation sites (tertiary alicyclic amines) is 1. The molecular formula is C23H27N3OS. The van der Waals surface area contributed by atoms with Crippen molar-refractivity contribution in [1.82, 2.24) is 9.88 Å². The highest BCUT2D eigenvalue weighted by atomic mass is 32.1. The number of benzene rings is 2. The predicted molar refractivity (Wildman–Crippen MR) is 117 cm³/mol. The van der Waals surface area contributed by atoms with Crippen molar-refractivity contribution >= 4 is 33.1 Å². The summed E-state index contributed by atoms with van der Waals surface area (Å²) in [6, 6.07) is 14.8. The predicted octanol–water partition coefficient (Wildman–Crippen LogP) is 5.20. The molecule has 1 aliphatic heterocycles. The van der Waals surface area contributed by atoms with Crippen LogP contribution in [-0.2, 0) is 17.6 Å². The van der Waals surface area contributed by atoms with Gasteiger partial charge in [0.2, 0.25) is 5.91 Å². The summed E-state index contributed by atoms with van der Waals surface area (Å²) in [5.41, 5.74) is 4.48. The number of hydrogen-bond acceptors (Lipinski definition) is 4. The van der Waals surface area contributed by atoms with Crippen LogP contribution in [0.25, 0.3) is 10.2 Å². The Hall–Kier alpha value is -2.24. The van der Waals surface area contributed by atoms with Gasteiger partial charge in [0.1, 0.15) is 5.01 Å². The van der Waals surface area contributed by atoms with Gasteiger partial charge in [0, 0.05) is 5.69 Å². The Morgan fingerprint density at radius 1 is 1.14 bits per heavy atom. The number of nitrogens with one attached hydrogen (secondary N) is 1. The Balaban J connectivity index is 1.50. The lowest BCUT2D eigenvalue weighted by Crippen LogP contribution is -2.33. The summed E-state index contributed by atoms with van der Waals surface area (Å²) in [5, 5.41) is 4.34. The SMILES string of the molecule is CCc1cccc(CC)c1NC(=O)CN1CCC[C@@H]1c1nc2ccccc2s1. The summed E-state index contributed by atoms with van der Waals surface area (Å²) in [7, 11) is 0. The van der Waals surface area contributed by atoms with Crippen LogP contribution in [0.3, 0.4) is 0 Å². The van der Waals surface area contributed by atoms with Gasteiger partial charge in [0.25, 0.3) is 0 Å². The van der Waals surface area contributed by atoms with Crippen LogP contribution in [0.2, 0.25) is 0 Å². The van der Waals surface area contributed by atoms with E-state index in [1.54, 1.807) is 11.3 Å². The van der Waals surface area contributed by atoms with Crippen LogP contribution in [0.15, 0.2) is 42.5 Å². The van der Waals surface area contributed by atoms with Gasteiger partial charge in [-0.25, -0.2) is 4.98 Å². The van der Waals surface area contributed by atoms with Crippen molar-refractivity contribution < 1.29 is 4.79 Å². The summed E-state index contributed by atoms with van der Waals surface area (Å²) in [4.78, 5) is 20.0. The van der Waals surface area contributed by atoms with E-state index in [1.165, 1.54) is 15.8 Å². The number of aryl methyl sites for hydroxylation is 2.